The van der Waals surface area contributed by atoms with Gasteiger partial charge in [-0.2, -0.15) is 15.3 Å². The number of aldehydes is 1. The number of esters is 1. The fourth-order valence-electron chi connectivity index (χ4n) is 11.3. The van der Waals surface area contributed by atoms with Crippen LogP contribution in [0.5, 0.6) is 0 Å². The Kier molecular flexibility index (Phi) is 29.3. The van der Waals surface area contributed by atoms with Gasteiger partial charge in [-0.1, -0.05) is 149 Å². The van der Waals surface area contributed by atoms with Gasteiger partial charge in [0.1, 0.15) is 35.9 Å². The van der Waals surface area contributed by atoms with Crippen molar-refractivity contribution in [3.63, 3.8) is 0 Å². The molecule has 2 atom stereocenters. The maximum absolute atomic E-state index is 13.4. The first-order valence-corrected chi connectivity index (χ1v) is 40.2. The monoisotopic (exact) mass is 1600 g/mol. The molecule has 9 aromatic carbocycles. The van der Waals surface area contributed by atoms with Gasteiger partial charge in [0.15, 0.2) is 0 Å². The summed E-state index contributed by atoms with van der Waals surface area (Å²) in [6.07, 6.45) is 4.89. The van der Waals surface area contributed by atoms with Crippen molar-refractivity contribution < 1.29 is 55.7 Å². The Hall–Kier alpha value is -10.8. The number of aromatic nitrogens is 8. The molecule has 0 spiro atoms. The third-order valence-corrected chi connectivity index (χ3v) is 18.8. The summed E-state index contributed by atoms with van der Waals surface area (Å²) in [6.45, 7) is 18.6. The molecule has 576 valence electrons. The Bertz CT molecular complexity index is 5240. The number of anilines is 1. The largest absolute Gasteiger partial charge is 0.520 e. The van der Waals surface area contributed by atoms with E-state index in [1.165, 1.54) is 54.8 Å². The highest BCUT2D eigenvalue weighted by Gasteiger charge is 2.41. The van der Waals surface area contributed by atoms with Crippen molar-refractivity contribution in [3.8, 4) is 17.1 Å². The minimum Gasteiger partial charge on any atom is -0.520 e. The molecule has 4 aromatic heterocycles. The molecule has 13 aromatic rings. The number of rotatable bonds is 22. The van der Waals surface area contributed by atoms with Crippen molar-refractivity contribution in [1.29, 1.82) is 5.41 Å². The van der Waals surface area contributed by atoms with E-state index in [1.54, 1.807) is 93.8 Å². The van der Waals surface area contributed by atoms with Crippen LogP contribution in [0.1, 0.15) is 91.9 Å². The predicted octanol–water partition coefficient (Wildman–Crippen LogP) is 20.8. The molecule has 0 aliphatic heterocycles. The molecule has 111 heavy (non-hydrogen) atoms. The van der Waals surface area contributed by atoms with Crippen molar-refractivity contribution in [2.24, 2.45) is 10.8 Å². The van der Waals surface area contributed by atoms with Crippen LogP contribution in [0.25, 0.3) is 49.8 Å². The summed E-state index contributed by atoms with van der Waals surface area (Å²) in [5.74, 6) is -1.13. The lowest BCUT2D eigenvalue weighted by molar-refractivity contribution is -0.161. The molecule has 0 saturated carbocycles. The Morgan fingerprint density at radius 3 is 1.30 bits per heavy atom. The molecule has 0 aliphatic rings. The number of methoxy groups -OCH3 is 2. The number of benzene rings is 9. The van der Waals surface area contributed by atoms with Crippen molar-refractivity contribution in [1.82, 2.24) is 39.5 Å². The highest BCUT2D eigenvalue weighted by Crippen LogP contribution is 2.42. The molecule has 0 fully saturated rings. The van der Waals surface area contributed by atoms with E-state index in [0.717, 1.165) is 89.4 Å². The minimum absolute atomic E-state index is 0.223. The maximum Gasteiger partial charge on any atom is 0.314 e. The predicted molar refractivity (Wildman–Crippen MR) is 434 cm³/mol. The quantitative estimate of drug-likeness (QED) is 0.0123. The van der Waals surface area contributed by atoms with Gasteiger partial charge in [-0.3, -0.25) is 25.1 Å². The van der Waals surface area contributed by atoms with Gasteiger partial charge in [-0.25, -0.2) is 27.2 Å². The van der Waals surface area contributed by atoms with Gasteiger partial charge >= 0.3 is 5.97 Å². The molecule has 0 radical (unpaired) electrons. The minimum atomic E-state index is -1.78. The average Bonchev–Trinajstić information content (AvgIpc) is 1.71. The Morgan fingerprint density at radius 1 is 0.550 bits per heavy atom. The average molecular weight is 1600 g/mol. The zero-order chi connectivity index (χ0) is 80.0. The lowest BCUT2D eigenvalue weighted by Gasteiger charge is -2.33. The van der Waals surface area contributed by atoms with E-state index >= 15 is 0 Å². The van der Waals surface area contributed by atoms with Crippen LogP contribution < -0.4 is 5.32 Å². The molecule has 0 aliphatic carbocycles. The molecule has 1 amide bonds. The first-order chi connectivity index (χ1) is 52.9. The summed E-state index contributed by atoms with van der Waals surface area (Å²) < 4.78 is 76.5. The fraction of sp³-hybridized carbons (Fsp3) is 0.226. The molecule has 4 heterocycles. The van der Waals surface area contributed by atoms with E-state index < -0.39 is 35.1 Å². The number of nitrogens with zero attached hydrogens (tertiary/aromatic N) is 8. The number of carbonyl (C=O) groups is 3. The second-order valence-electron chi connectivity index (χ2n) is 27.5. The first-order valence-electron chi connectivity index (χ1n) is 34.8. The number of ether oxygens (including phenoxy) is 5. The van der Waals surface area contributed by atoms with Gasteiger partial charge in [-0.05, 0) is 204 Å². The molecule has 0 saturated heterocycles. The third kappa shape index (κ3) is 23.4. The normalized spacial score (nSPS) is 11.9. The molecule has 19 nitrogen and oxygen atoms in total. The van der Waals surface area contributed by atoms with Crippen LogP contribution in [0.15, 0.2) is 254 Å². The first kappa shape index (κ1) is 84.2. The molecular weight excluding hydrogens is 1520 g/mol. The van der Waals surface area contributed by atoms with E-state index in [4.69, 9.17) is 68.3 Å². The van der Waals surface area contributed by atoms with Crippen LogP contribution in [0.2, 0.25) is 19.6 Å². The van der Waals surface area contributed by atoms with E-state index in [2.05, 4.69) is 50.5 Å². The van der Waals surface area contributed by atoms with Crippen LogP contribution >= 0.6 is 46.1 Å². The van der Waals surface area contributed by atoms with E-state index in [-0.39, 0.29) is 41.8 Å². The van der Waals surface area contributed by atoms with E-state index in [0.29, 0.717) is 29.9 Å². The SMILES string of the molecule is CC(C)(C(=O)Nc1nncs1)C(OCc1ccccc1)c1ccc2c(cnn2-c2ccc(F)cc2)c1.COC(=O)C(C)(C)C(OCc1ccccc1)c1ccc2c(cnn2-c2ccc(F)cc2)c1.COC(O[Si](C)(C)C)=C(C)C.N=C(OCc1ccccc1)C(Cl)(Cl)Cl.O=Cc1ccc2c(cnn2-c2ccc(F)cc2)c1. The zero-order valence-corrected chi connectivity index (χ0v) is 67.0. The van der Waals surface area contributed by atoms with Gasteiger partial charge in [0, 0.05) is 27.3 Å². The van der Waals surface area contributed by atoms with Crippen molar-refractivity contribution in [2.45, 2.75) is 97.0 Å². The van der Waals surface area contributed by atoms with Crippen LogP contribution in [0, 0.1) is 33.7 Å². The molecule has 2 unspecified atom stereocenters. The van der Waals surface area contributed by atoms with Crippen LogP contribution in [-0.4, -0.2) is 89.9 Å². The van der Waals surface area contributed by atoms with Gasteiger partial charge in [-0.15, -0.1) is 10.2 Å². The van der Waals surface area contributed by atoms with Crippen LogP contribution in [0.4, 0.5) is 18.3 Å². The van der Waals surface area contributed by atoms with Gasteiger partial charge in [0.05, 0.1) is 103 Å². The number of carbonyl (C=O) groups excluding carboxylic acids is 3. The Morgan fingerprint density at radius 2 is 0.946 bits per heavy atom. The summed E-state index contributed by atoms with van der Waals surface area (Å²) in [5.41, 5.74) is 11.0. The fourth-order valence-corrected chi connectivity index (χ4v) is 12.7. The molecule has 27 heteroatoms. The highest BCUT2D eigenvalue weighted by molar-refractivity contribution is 7.13. The number of hydrogen-bond donors (Lipinski definition) is 2. The van der Waals surface area contributed by atoms with Gasteiger partial charge in [0.25, 0.3) is 9.74 Å². The van der Waals surface area contributed by atoms with Crippen LogP contribution in [-0.2, 0) is 57.5 Å². The maximum atomic E-state index is 13.4. The number of allylic oxidation sites excluding steroid dienone is 1. The summed E-state index contributed by atoms with van der Waals surface area (Å²) >= 11 is 17.6. The zero-order valence-electron chi connectivity index (χ0n) is 62.9. The second kappa shape index (κ2) is 38.7. The van der Waals surface area contributed by atoms with Crippen molar-refractivity contribution in [3.05, 3.63) is 305 Å². The summed E-state index contributed by atoms with van der Waals surface area (Å²) in [7, 11) is 1.54. The van der Waals surface area contributed by atoms with Gasteiger partial charge < -0.3 is 28.1 Å². The van der Waals surface area contributed by atoms with E-state index in [9.17, 15) is 27.6 Å². The number of alkyl halides is 3. The Balaban J connectivity index is 0.000000171. The van der Waals surface area contributed by atoms with Crippen molar-refractivity contribution >= 4 is 116 Å². The highest BCUT2D eigenvalue weighted by atomic mass is 35.6. The summed E-state index contributed by atoms with van der Waals surface area (Å²) in [6, 6.07) is 64.6. The Labute approximate surface area is 662 Å². The number of fused-ring (bicyclic) bond motifs is 3. The summed E-state index contributed by atoms with van der Waals surface area (Å²) in [5, 5.41) is 34.2. The molecule has 2 N–H and O–H groups in total. The van der Waals surface area contributed by atoms with Crippen molar-refractivity contribution in [2.75, 3.05) is 19.5 Å². The summed E-state index contributed by atoms with van der Waals surface area (Å²) in [4.78, 5) is 36.6. The smallest absolute Gasteiger partial charge is 0.314 e. The lowest BCUT2D eigenvalue weighted by atomic mass is 9.81. The lowest BCUT2D eigenvalue weighted by Crippen LogP contribution is -2.37. The number of halogens is 6. The molecule has 0 bridgehead atoms. The molecular formula is C84H84Cl3F3N10O9SSi. The standard InChI is InChI=1S/C27H24FN5O2S.C26H25FN2O3.C14H9FN2O.C9H8Cl3NO.C8H18O2Si/c1-27(2,25(34)31-26-32-29-17-36-26)24(35-16-18-6-4-3-5-7-18)19-8-13-23-20(14-19)15-30-33(23)22-11-9-21(28)10-12-22;1-26(2,25(30)31-3)24(32-17-18-7-5-4-6-8-18)19-9-14-23-20(15-19)16-28-29(23)22-12-10-21(27)11-13-22;15-12-2-4-13(5-3-12)17-14-6-1-10(9-18)7-11(14)8-16-17;10-9(11,12)8(13)14-6-7-4-2-1-3-5-7;1-7(2)8(9-3)10-11(4,5)6/h3-15,17,24H,16H2,1-2H3,(H,31,32,34);4-16,24H,17H2,1-3H3;1-9H;1-5,13H,6H2;1-6H3. The van der Waals surface area contributed by atoms with E-state index in [1.807, 2.05) is 175 Å². The van der Waals surface area contributed by atoms with Gasteiger partial charge in [0.2, 0.25) is 25.3 Å². The topological polar surface area (TPSA) is 222 Å². The number of nitrogens with one attached hydrogen (secondary N) is 2. The number of amides is 1. The second-order valence-corrected chi connectivity index (χ2v) is 35.0. The van der Waals surface area contributed by atoms with Crippen LogP contribution in [0.3, 0.4) is 0 Å². The number of hydrogen-bond acceptors (Lipinski definition) is 16. The molecule has 13 rings (SSSR count). The third-order valence-electron chi connectivity index (χ3n) is 16.9.